The van der Waals surface area contributed by atoms with Crippen molar-refractivity contribution in [3.05, 3.63) is 120 Å². The van der Waals surface area contributed by atoms with E-state index in [1.165, 1.54) is 0 Å². The Bertz CT molecular complexity index is 980. The second-order valence-electron chi connectivity index (χ2n) is 7.60. The van der Waals surface area contributed by atoms with Gasteiger partial charge >= 0.3 is 13.8 Å². The summed E-state index contributed by atoms with van der Waals surface area (Å²) in [4.78, 5) is 0. The van der Waals surface area contributed by atoms with Gasteiger partial charge in [0.05, 0.1) is 13.2 Å². The lowest BCUT2D eigenvalue weighted by Gasteiger charge is -2.10. The first-order valence-electron chi connectivity index (χ1n) is 10.4. The molecular formula is C26H24B2O3. The third-order valence-corrected chi connectivity index (χ3v) is 5.36. The highest BCUT2D eigenvalue weighted by atomic mass is 16.5. The van der Waals surface area contributed by atoms with Crippen LogP contribution in [0.25, 0.3) is 0 Å². The number of hydrogen-bond acceptors (Lipinski definition) is 3. The van der Waals surface area contributed by atoms with Gasteiger partial charge in [0.15, 0.2) is 0 Å². The van der Waals surface area contributed by atoms with Crippen molar-refractivity contribution in [3.8, 4) is 0 Å². The molecule has 0 saturated carbocycles. The predicted molar refractivity (Wildman–Crippen MR) is 129 cm³/mol. The molecule has 0 aliphatic carbocycles. The molecule has 0 unspecified atom stereocenters. The fraction of sp³-hybridized carbons (Fsp3) is 0.0769. The van der Waals surface area contributed by atoms with E-state index in [1.807, 2.05) is 109 Å². The quantitative estimate of drug-likeness (QED) is 0.438. The molecule has 0 atom stereocenters. The van der Waals surface area contributed by atoms with E-state index >= 15 is 0 Å². The lowest BCUT2D eigenvalue weighted by atomic mass is 9.56. The summed E-state index contributed by atoms with van der Waals surface area (Å²) in [5.74, 6) is 0. The topological polar surface area (TPSA) is 49.7 Å². The van der Waals surface area contributed by atoms with Crippen LogP contribution in [0.2, 0.25) is 0 Å². The molecule has 0 spiro atoms. The largest absolute Gasteiger partial charge is 0.443 e. The predicted octanol–water partition coefficient (Wildman–Crippen LogP) is 1.60. The second kappa shape index (κ2) is 10.3. The molecule has 0 aliphatic rings. The van der Waals surface area contributed by atoms with E-state index in [2.05, 4.69) is 0 Å². The van der Waals surface area contributed by atoms with Gasteiger partial charge < -0.3 is 14.8 Å². The molecule has 31 heavy (non-hydrogen) atoms. The molecule has 0 bridgehead atoms. The average Bonchev–Trinajstić information content (AvgIpc) is 2.85. The van der Waals surface area contributed by atoms with E-state index in [9.17, 15) is 10.0 Å². The number of benzene rings is 4. The highest BCUT2D eigenvalue weighted by molar-refractivity contribution is 6.79. The van der Waals surface area contributed by atoms with Crippen molar-refractivity contribution < 1.29 is 14.8 Å². The van der Waals surface area contributed by atoms with Crippen LogP contribution in [-0.2, 0) is 18.0 Å². The van der Waals surface area contributed by atoms with Crippen LogP contribution in [0.5, 0.6) is 0 Å². The van der Waals surface area contributed by atoms with Crippen molar-refractivity contribution >= 4 is 35.7 Å². The highest BCUT2D eigenvalue weighted by Crippen LogP contribution is 2.05. The lowest BCUT2D eigenvalue weighted by Crippen LogP contribution is -2.42. The molecule has 0 heterocycles. The zero-order chi connectivity index (χ0) is 21.5. The fourth-order valence-electron chi connectivity index (χ4n) is 3.53. The van der Waals surface area contributed by atoms with Crippen LogP contribution in [0.15, 0.2) is 109 Å². The van der Waals surface area contributed by atoms with E-state index in [4.69, 9.17) is 4.74 Å². The Morgan fingerprint density at radius 1 is 0.452 bits per heavy atom. The van der Waals surface area contributed by atoms with Crippen LogP contribution in [0.4, 0.5) is 0 Å². The van der Waals surface area contributed by atoms with Gasteiger partial charge in [-0.3, -0.25) is 0 Å². The summed E-state index contributed by atoms with van der Waals surface area (Å²) in [7, 11) is 0. The van der Waals surface area contributed by atoms with Crippen LogP contribution >= 0.6 is 0 Å². The summed E-state index contributed by atoms with van der Waals surface area (Å²) in [5, 5.41) is 21.0. The lowest BCUT2D eigenvalue weighted by molar-refractivity contribution is 0.107. The van der Waals surface area contributed by atoms with Crippen molar-refractivity contribution in [1.82, 2.24) is 0 Å². The SMILES string of the molecule is OB(c1ccccc1)c1ccc(COCc2ccc(B(O)c3ccccc3)cc2)cc1. The highest BCUT2D eigenvalue weighted by Gasteiger charge is 2.17. The molecule has 0 aromatic heterocycles. The van der Waals surface area contributed by atoms with Gasteiger partial charge in [0, 0.05) is 0 Å². The Kier molecular flexibility index (Phi) is 7.00. The maximum Gasteiger partial charge on any atom is 0.358 e. The summed E-state index contributed by atoms with van der Waals surface area (Å²) in [6.07, 6.45) is 0. The average molecular weight is 406 g/mol. The maximum absolute atomic E-state index is 10.5. The van der Waals surface area contributed by atoms with Gasteiger partial charge in [0.25, 0.3) is 0 Å². The summed E-state index contributed by atoms with van der Waals surface area (Å²) >= 11 is 0. The second-order valence-corrected chi connectivity index (χ2v) is 7.60. The number of hydrogen-bond donors (Lipinski definition) is 2. The first kappa shape index (κ1) is 21.1. The van der Waals surface area contributed by atoms with E-state index < -0.39 is 13.8 Å². The molecule has 4 aromatic rings. The smallest absolute Gasteiger partial charge is 0.358 e. The van der Waals surface area contributed by atoms with E-state index in [0.717, 1.165) is 33.0 Å². The minimum absolute atomic E-state index is 0.496. The molecule has 0 amide bonds. The normalized spacial score (nSPS) is 10.6. The molecule has 0 saturated heterocycles. The van der Waals surface area contributed by atoms with Crippen LogP contribution in [0.1, 0.15) is 11.1 Å². The standard InChI is InChI=1S/C26H24B2O3/c29-27(23-7-3-1-4-8-23)25-15-11-21(12-16-25)19-31-20-22-13-17-26(18-14-22)28(30)24-9-5-2-6-10-24/h1-18,29-30H,19-20H2. The van der Waals surface area contributed by atoms with Crippen LogP contribution in [0.3, 0.4) is 0 Å². The Morgan fingerprint density at radius 3 is 1.13 bits per heavy atom. The molecule has 5 heteroatoms. The van der Waals surface area contributed by atoms with Gasteiger partial charge in [-0.05, 0) is 33.0 Å². The molecule has 0 aliphatic heterocycles. The minimum Gasteiger partial charge on any atom is -0.443 e. The van der Waals surface area contributed by atoms with Crippen molar-refractivity contribution in [3.63, 3.8) is 0 Å². The summed E-state index contributed by atoms with van der Waals surface area (Å²) in [6.45, 7) is -0.256. The Hall–Kier alpha value is -3.11. The maximum atomic E-state index is 10.5. The first-order valence-corrected chi connectivity index (χ1v) is 10.4. The van der Waals surface area contributed by atoms with Crippen molar-refractivity contribution in [2.24, 2.45) is 0 Å². The zero-order valence-corrected chi connectivity index (χ0v) is 17.3. The van der Waals surface area contributed by atoms with Gasteiger partial charge in [0.2, 0.25) is 0 Å². The van der Waals surface area contributed by atoms with E-state index in [-0.39, 0.29) is 0 Å². The Balaban J connectivity index is 1.29. The molecule has 4 aromatic carbocycles. The molecule has 2 N–H and O–H groups in total. The Morgan fingerprint density at radius 2 is 0.774 bits per heavy atom. The zero-order valence-electron chi connectivity index (χ0n) is 17.3. The van der Waals surface area contributed by atoms with Gasteiger partial charge in [-0.2, -0.15) is 0 Å². The summed E-state index contributed by atoms with van der Waals surface area (Å²) in [6, 6.07) is 35.0. The van der Waals surface area contributed by atoms with Gasteiger partial charge in [-0.15, -0.1) is 0 Å². The molecule has 0 radical (unpaired) electrons. The van der Waals surface area contributed by atoms with Crippen molar-refractivity contribution in [2.75, 3.05) is 0 Å². The van der Waals surface area contributed by atoms with Gasteiger partial charge in [0.1, 0.15) is 0 Å². The molecular weight excluding hydrogens is 382 g/mol. The van der Waals surface area contributed by atoms with E-state index in [1.54, 1.807) is 0 Å². The monoisotopic (exact) mass is 406 g/mol. The molecule has 0 fully saturated rings. The van der Waals surface area contributed by atoms with Gasteiger partial charge in [-0.1, -0.05) is 109 Å². The minimum atomic E-state index is -0.624. The van der Waals surface area contributed by atoms with Crippen LogP contribution in [0, 0.1) is 0 Å². The number of rotatable bonds is 8. The molecule has 152 valence electrons. The Labute approximate surface area is 184 Å². The van der Waals surface area contributed by atoms with Crippen molar-refractivity contribution in [2.45, 2.75) is 13.2 Å². The third kappa shape index (κ3) is 5.53. The third-order valence-electron chi connectivity index (χ3n) is 5.36. The van der Waals surface area contributed by atoms with Crippen LogP contribution < -0.4 is 21.9 Å². The molecule has 4 rings (SSSR count). The fourth-order valence-corrected chi connectivity index (χ4v) is 3.53. The van der Waals surface area contributed by atoms with Crippen LogP contribution in [-0.4, -0.2) is 23.9 Å². The van der Waals surface area contributed by atoms with E-state index in [0.29, 0.717) is 13.2 Å². The summed E-state index contributed by atoms with van der Waals surface area (Å²) < 4.78 is 5.85. The number of ether oxygens (including phenoxy) is 1. The van der Waals surface area contributed by atoms with Gasteiger partial charge in [-0.25, -0.2) is 0 Å². The molecule has 3 nitrogen and oxygen atoms in total. The van der Waals surface area contributed by atoms with Crippen molar-refractivity contribution in [1.29, 1.82) is 0 Å². The first-order chi connectivity index (χ1) is 15.2. The summed E-state index contributed by atoms with van der Waals surface area (Å²) in [5.41, 5.74) is 5.60.